The lowest BCUT2D eigenvalue weighted by molar-refractivity contribution is -0.167. The molecule has 0 heterocycles. The van der Waals surface area contributed by atoms with Crippen molar-refractivity contribution in [2.24, 2.45) is 0 Å². The Morgan fingerprint density at radius 1 is 1.33 bits per heavy atom. The van der Waals surface area contributed by atoms with Crippen LogP contribution in [-0.4, -0.2) is 24.8 Å². The Bertz CT molecular complexity index is 141. The third kappa shape index (κ3) is 3.72. The summed E-state index contributed by atoms with van der Waals surface area (Å²) in [6.45, 7) is 8.24. The zero-order valence-electron chi connectivity index (χ0n) is 8.35. The maximum Gasteiger partial charge on any atom is 0.337 e. The summed E-state index contributed by atoms with van der Waals surface area (Å²) in [7, 11) is 0. The van der Waals surface area contributed by atoms with Gasteiger partial charge < -0.3 is 9.47 Å². The molecule has 3 heteroatoms. The highest BCUT2D eigenvalue weighted by atomic mass is 16.6. The molecule has 12 heavy (non-hydrogen) atoms. The standard InChI is InChI=1S/C9H18O3/c1-5-7-11-8(10)9(3,4)12-6-2/h5-7H2,1-4H3. The molecule has 72 valence electrons. The molecule has 0 spiro atoms. The Morgan fingerprint density at radius 3 is 2.33 bits per heavy atom. The lowest BCUT2D eigenvalue weighted by Crippen LogP contribution is -2.36. The Kier molecular flexibility index (Phi) is 4.90. The molecule has 0 saturated carbocycles. The molecule has 0 aliphatic heterocycles. The van der Waals surface area contributed by atoms with Crippen LogP contribution in [0.5, 0.6) is 0 Å². The number of rotatable bonds is 5. The van der Waals surface area contributed by atoms with E-state index >= 15 is 0 Å². The zero-order chi connectivity index (χ0) is 9.61. The van der Waals surface area contributed by atoms with Gasteiger partial charge in [-0.05, 0) is 27.2 Å². The van der Waals surface area contributed by atoms with Crippen LogP contribution in [0.1, 0.15) is 34.1 Å². The van der Waals surface area contributed by atoms with Gasteiger partial charge in [0.25, 0.3) is 0 Å². The minimum atomic E-state index is -0.802. The van der Waals surface area contributed by atoms with Crippen molar-refractivity contribution in [3.8, 4) is 0 Å². The van der Waals surface area contributed by atoms with Crippen LogP contribution in [0.3, 0.4) is 0 Å². The molecule has 0 unspecified atom stereocenters. The largest absolute Gasteiger partial charge is 0.464 e. The molecule has 0 radical (unpaired) electrons. The molecule has 0 aromatic carbocycles. The quantitative estimate of drug-likeness (QED) is 0.596. The first-order chi connectivity index (χ1) is 5.54. The number of esters is 1. The van der Waals surface area contributed by atoms with Gasteiger partial charge in [-0.3, -0.25) is 0 Å². The molecular weight excluding hydrogens is 156 g/mol. The van der Waals surface area contributed by atoms with Gasteiger partial charge in [-0.1, -0.05) is 6.92 Å². The molecule has 0 aromatic rings. The summed E-state index contributed by atoms with van der Waals surface area (Å²) in [5, 5.41) is 0. The third-order valence-electron chi connectivity index (χ3n) is 1.43. The van der Waals surface area contributed by atoms with Crippen LogP contribution < -0.4 is 0 Å². The van der Waals surface area contributed by atoms with Gasteiger partial charge in [0.15, 0.2) is 5.60 Å². The molecule has 0 aliphatic rings. The fourth-order valence-electron chi connectivity index (χ4n) is 0.788. The predicted octanol–water partition coefficient (Wildman–Crippen LogP) is 1.75. The van der Waals surface area contributed by atoms with E-state index in [1.165, 1.54) is 0 Å². The van der Waals surface area contributed by atoms with Crippen molar-refractivity contribution in [1.29, 1.82) is 0 Å². The van der Waals surface area contributed by atoms with Gasteiger partial charge in [0.1, 0.15) is 0 Å². The number of ether oxygens (including phenoxy) is 2. The van der Waals surface area contributed by atoms with Crippen LogP contribution in [0.4, 0.5) is 0 Å². The van der Waals surface area contributed by atoms with E-state index in [1.54, 1.807) is 13.8 Å². The van der Waals surface area contributed by atoms with Crippen molar-refractivity contribution in [2.75, 3.05) is 13.2 Å². The summed E-state index contributed by atoms with van der Waals surface area (Å²) in [5.41, 5.74) is -0.802. The number of hydrogen-bond acceptors (Lipinski definition) is 3. The summed E-state index contributed by atoms with van der Waals surface area (Å²) in [6.07, 6.45) is 0.841. The van der Waals surface area contributed by atoms with Crippen molar-refractivity contribution in [3.63, 3.8) is 0 Å². The first-order valence-corrected chi connectivity index (χ1v) is 4.35. The average molecular weight is 174 g/mol. The second kappa shape index (κ2) is 5.14. The van der Waals surface area contributed by atoms with Crippen molar-refractivity contribution < 1.29 is 14.3 Å². The predicted molar refractivity (Wildman–Crippen MR) is 47.0 cm³/mol. The van der Waals surface area contributed by atoms with Crippen molar-refractivity contribution in [2.45, 2.75) is 39.7 Å². The first-order valence-electron chi connectivity index (χ1n) is 4.35. The lowest BCUT2D eigenvalue weighted by atomic mass is 10.1. The van der Waals surface area contributed by atoms with E-state index < -0.39 is 5.60 Å². The summed E-state index contributed by atoms with van der Waals surface area (Å²) < 4.78 is 10.2. The monoisotopic (exact) mass is 174 g/mol. The molecule has 0 amide bonds. The van der Waals surface area contributed by atoms with Crippen molar-refractivity contribution in [3.05, 3.63) is 0 Å². The molecular formula is C9H18O3. The molecule has 0 saturated heterocycles. The fourth-order valence-corrected chi connectivity index (χ4v) is 0.788. The van der Waals surface area contributed by atoms with Gasteiger partial charge >= 0.3 is 5.97 Å². The molecule has 0 atom stereocenters. The lowest BCUT2D eigenvalue weighted by Gasteiger charge is -2.21. The fraction of sp³-hybridized carbons (Fsp3) is 0.889. The number of carbonyl (C=O) groups is 1. The van der Waals surface area contributed by atoms with E-state index in [4.69, 9.17) is 9.47 Å². The minimum absolute atomic E-state index is 0.286. The summed E-state index contributed by atoms with van der Waals surface area (Å²) in [4.78, 5) is 11.3. The van der Waals surface area contributed by atoms with Gasteiger partial charge in [0, 0.05) is 6.61 Å². The maximum atomic E-state index is 11.3. The smallest absolute Gasteiger partial charge is 0.337 e. The Morgan fingerprint density at radius 2 is 1.92 bits per heavy atom. The highest BCUT2D eigenvalue weighted by molar-refractivity contribution is 5.78. The highest BCUT2D eigenvalue weighted by Crippen LogP contribution is 2.11. The van der Waals surface area contributed by atoms with E-state index in [1.807, 2.05) is 13.8 Å². The molecule has 0 aliphatic carbocycles. The molecule has 0 fully saturated rings. The van der Waals surface area contributed by atoms with Gasteiger partial charge in [-0.25, -0.2) is 4.79 Å². The summed E-state index contributed by atoms with van der Waals surface area (Å²) in [6, 6.07) is 0. The van der Waals surface area contributed by atoms with E-state index in [2.05, 4.69) is 0 Å². The van der Waals surface area contributed by atoms with Crippen molar-refractivity contribution in [1.82, 2.24) is 0 Å². The second-order valence-electron chi connectivity index (χ2n) is 3.08. The van der Waals surface area contributed by atoms with Crippen molar-refractivity contribution >= 4 is 5.97 Å². The Labute approximate surface area is 74.0 Å². The molecule has 0 aromatic heterocycles. The van der Waals surface area contributed by atoms with E-state index in [0.717, 1.165) is 6.42 Å². The average Bonchev–Trinajstić information content (AvgIpc) is 2.00. The minimum Gasteiger partial charge on any atom is -0.464 e. The topological polar surface area (TPSA) is 35.5 Å². The zero-order valence-corrected chi connectivity index (χ0v) is 8.35. The SMILES string of the molecule is CCCOC(=O)C(C)(C)OCC. The van der Waals surface area contributed by atoms with Crippen LogP contribution in [0, 0.1) is 0 Å². The second-order valence-corrected chi connectivity index (χ2v) is 3.08. The van der Waals surface area contributed by atoms with E-state index in [0.29, 0.717) is 13.2 Å². The van der Waals surface area contributed by atoms with Crippen LogP contribution in [0.2, 0.25) is 0 Å². The maximum absolute atomic E-state index is 11.3. The first kappa shape index (κ1) is 11.4. The van der Waals surface area contributed by atoms with Crippen LogP contribution in [0.15, 0.2) is 0 Å². The number of carbonyl (C=O) groups excluding carboxylic acids is 1. The highest BCUT2D eigenvalue weighted by Gasteiger charge is 2.29. The van der Waals surface area contributed by atoms with Gasteiger partial charge in [-0.15, -0.1) is 0 Å². The van der Waals surface area contributed by atoms with Gasteiger partial charge in [0.05, 0.1) is 6.61 Å². The van der Waals surface area contributed by atoms with E-state index in [-0.39, 0.29) is 5.97 Å². The molecule has 0 bridgehead atoms. The van der Waals surface area contributed by atoms with Crippen LogP contribution >= 0.6 is 0 Å². The third-order valence-corrected chi connectivity index (χ3v) is 1.43. The van der Waals surface area contributed by atoms with Gasteiger partial charge in [0.2, 0.25) is 0 Å². The van der Waals surface area contributed by atoms with Gasteiger partial charge in [-0.2, -0.15) is 0 Å². The molecule has 0 rings (SSSR count). The Hall–Kier alpha value is -0.570. The summed E-state index contributed by atoms with van der Waals surface area (Å²) in [5.74, 6) is -0.286. The van der Waals surface area contributed by atoms with Crippen LogP contribution in [0.25, 0.3) is 0 Å². The molecule has 3 nitrogen and oxygen atoms in total. The summed E-state index contributed by atoms with van der Waals surface area (Å²) >= 11 is 0. The molecule has 0 N–H and O–H groups in total. The Balaban J connectivity index is 3.88. The normalized spacial score (nSPS) is 11.3. The van der Waals surface area contributed by atoms with Crippen LogP contribution in [-0.2, 0) is 14.3 Å². The number of hydrogen-bond donors (Lipinski definition) is 0. The van der Waals surface area contributed by atoms with E-state index in [9.17, 15) is 4.79 Å².